The largest absolute Gasteiger partial charge is 0.395 e. The molecule has 0 fully saturated rings. The van der Waals surface area contributed by atoms with E-state index in [1.165, 1.54) is 9.21 Å². The van der Waals surface area contributed by atoms with Crippen molar-refractivity contribution in [1.82, 2.24) is 9.21 Å². The molecule has 0 aromatic rings. The molecule has 0 bridgehead atoms. The van der Waals surface area contributed by atoms with E-state index in [-0.39, 0.29) is 64.3 Å². The van der Waals surface area contributed by atoms with Gasteiger partial charge in [-0.2, -0.15) is 4.31 Å². The van der Waals surface area contributed by atoms with Crippen LogP contribution in [0.2, 0.25) is 0 Å². The lowest BCUT2D eigenvalue weighted by Gasteiger charge is -2.28. The lowest BCUT2D eigenvalue weighted by atomic mass is 9.95. The maximum Gasteiger partial charge on any atom is 0.228 e. The Morgan fingerprint density at radius 3 is 1.79 bits per heavy atom. The van der Waals surface area contributed by atoms with Crippen molar-refractivity contribution in [3.63, 3.8) is 0 Å². The maximum atomic E-state index is 12.4. The fourth-order valence-corrected chi connectivity index (χ4v) is 4.44. The van der Waals surface area contributed by atoms with Gasteiger partial charge < -0.3 is 15.1 Å². The van der Waals surface area contributed by atoms with Crippen molar-refractivity contribution in [2.75, 3.05) is 58.4 Å². The number of rotatable bonds is 13. The van der Waals surface area contributed by atoms with Crippen LogP contribution in [0, 0.1) is 10.8 Å². The van der Waals surface area contributed by atoms with Gasteiger partial charge in [0.25, 0.3) is 0 Å². The molecule has 0 heterocycles. The van der Waals surface area contributed by atoms with Crippen molar-refractivity contribution >= 4 is 15.9 Å². The van der Waals surface area contributed by atoms with Crippen LogP contribution in [-0.4, -0.2) is 92.1 Å². The lowest BCUT2D eigenvalue weighted by molar-refractivity contribution is -0.295. The number of nitrogens with zero attached hydrogens (tertiary/aromatic N) is 2. The maximum absolute atomic E-state index is 12.4. The highest BCUT2D eigenvalue weighted by atomic mass is 32.2. The molecule has 0 atom stereocenters. The molecule has 10 heteroatoms. The summed E-state index contributed by atoms with van der Waals surface area (Å²) in [5, 5.41) is 18.2. The second kappa shape index (κ2) is 12.0. The Bertz CT molecular complexity index is 553. The highest BCUT2D eigenvalue weighted by Crippen LogP contribution is 2.19. The summed E-state index contributed by atoms with van der Waals surface area (Å²) >= 11 is 0. The van der Waals surface area contributed by atoms with Gasteiger partial charge >= 0.3 is 0 Å². The third-order valence-electron chi connectivity index (χ3n) is 3.61. The minimum atomic E-state index is -3.53. The molecule has 28 heavy (non-hydrogen) atoms. The minimum absolute atomic E-state index is 0.00338. The van der Waals surface area contributed by atoms with Crippen LogP contribution in [0.1, 0.15) is 41.5 Å². The van der Waals surface area contributed by atoms with Gasteiger partial charge in [0.05, 0.1) is 32.2 Å². The molecule has 0 saturated carbocycles. The van der Waals surface area contributed by atoms with E-state index in [0.29, 0.717) is 0 Å². The summed E-state index contributed by atoms with van der Waals surface area (Å²) in [5.74, 6) is -0.140. The second-order valence-corrected chi connectivity index (χ2v) is 10.8. The fourth-order valence-electron chi connectivity index (χ4n) is 2.45. The number of carbonyl (C=O) groups is 1. The Balaban J connectivity index is 4.45. The van der Waals surface area contributed by atoms with Crippen molar-refractivity contribution in [3.8, 4) is 0 Å². The Kier molecular flexibility index (Phi) is 11.7. The Labute approximate surface area is 169 Å². The molecule has 2 N–H and O–H groups in total. The van der Waals surface area contributed by atoms with Crippen LogP contribution in [0.25, 0.3) is 0 Å². The predicted molar refractivity (Wildman–Crippen MR) is 107 cm³/mol. The van der Waals surface area contributed by atoms with Crippen LogP contribution in [0.5, 0.6) is 0 Å². The monoisotopic (exact) mass is 426 g/mol. The van der Waals surface area contributed by atoms with Crippen LogP contribution in [0.3, 0.4) is 0 Å². The number of sulfonamides is 1. The number of hydrogen-bond donors (Lipinski definition) is 2. The molecule has 1 amide bonds. The first-order valence-corrected chi connectivity index (χ1v) is 11.1. The summed E-state index contributed by atoms with van der Waals surface area (Å²) in [6.45, 7) is 11.0. The Morgan fingerprint density at radius 2 is 1.36 bits per heavy atom. The second-order valence-electron chi connectivity index (χ2n) is 8.85. The molecule has 0 unspecified atom stereocenters. The first-order chi connectivity index (χ1) is 12.7. The summed E-state index contributed by atoms with van der Waals surface area (Å²) in [5.41, 5.74) is -0.970. The summed E-state index contributed by atoms with van der Waals surface area (Å²) < 4.78 is 26.1. The van der Waals surface area contributed by atoms with Gasteiger partial charge in [-0.3, -0.25) is 4.79 Å². The van der Waals surface area contributed by atoms with E-state index in [1.807, 2.05) is 20.8 Å². The van der Waals surface area contributed by atoms with E-state index in [4.69, 9.17) is 20.0 Å². The zero-order valence-corrected chi connectivity index (χ0v) is 18.9. The number of carbonyl (C=O) groups excluding carboxylic acids is 1. The summed E-state index contributed by atoms with van der Waals surface area (Å²) in [6, 6.07) is 0. The van der Waals surface area contributed by atoms with Gasteiger partial charge in [-0.1, -0.05) is 41.5 Å². The quantitative estimate of drug-likeness (QED) is 0.250. The number of aliphatic hydroxyl groups excluding tert-OH is 2. The van der Waals surface area contributed by atoms with Crippen LogP contribution in [0.15, 0.2) is 0 Å². The summed E-state index contributed by atoms with van der Waals surface area (Å²) in [6.07, 6.45) is 0. The average Bonchev–Trinajstić information content (AvgIpc) is 2.52. The molecule has 0 aliphatic carbocycles. The molecule has 0 spiro atoms. The number of aliphatic hydroxyl groups is 2. The molecule has 9 nitrogen and oxygen atoms in total. The molecule has 0 radical (unpaired) electrons. The van der Waals surface area contributed by atoms with Crippen LogP contribution in [0.4, 0.5) is 0 Å². The van der Waals surface area contributed by atoms with Crippen LogP contribution < -0.4 is 0 Å². The first kappa shape index (κ1) is 27.2. The van der Waals surface area contributed by atoms with Crippen molar-refractivity contribution in [1.29, 1.82) is 0 Å². The van der Waals surface area contributed by atoms with Gasteiger partial charge in [-0.05, 0) is 5.41 Å². The van der Waals surface area contributed by atoms with Crippen molar-refractivity contribution < 1.29 is 33.2 Å². The van der Waals surface area contributed by atoms with Gasteiger partial charge in [-0.15, -0.1) is 0 Å². The van der Waals surface area contributed by atoms with E-state index in [2.05, 4.69) is 0 Å². The summed E-state index contributed by atoms with van der Waals surface area (Å²) in [7, 11) is -3.53. The molecular formula is C18H38N2O7S. The van der Waals surface area contributed by atoms with Gasteiger partial charge in [0, 0.05) is 31.6 Å². The van der Waals surface area contributed by atoms with Crippen molar-refractivity contribution in [2.45, 2.75) is 41.5 Å². The standard InChI is InChI=1S/C18H38N2O7S/c1-17(2,3)15-28(24,25)20(8-12-22)10-14-27-26-13-9-19(7-11-21)16(23)18(4,5)6/h21-22H,7-15H2,1-6H3. The molecule has 0 aromatic carbocycles. The molecule has 0 rings (SSSR count). The van der Waals surface area contributed by atoms with Gasteiger partial charge in [0.2, 0.25) is 15.9 Å². The third kappa shape index (κ3) is 11.3. The van der Waals surface area contributed by atoms with E-state index < -0.39 is 20.9 Å². The lowest BCUT2D eigenvalue weighted by Crippen LogP contribution is -2.43. The van der Waals surface area contributed by atoms with Gasteiger partial charge in [0.1, 0.15) is 0 Å². The topological polar surface area (TPSA) is 117 Å². The smallest absolute Gasteiger partial charge is 0.228 e. The van der Waals surface area contributed by atoms with Crippen molar-refractivity contribution in [2.24, 2.45) is 10.8 Å². The zero-order valence-electron chi connectivity index (χ0n) is 18.1. The fraction of sp³-hybridized carbons (Fsp3) is 0.944. The number of amides is 1. The number of hydrogen-bond acceptors (Lipinski definition) is 7. The minimum Gasteiger partial charge on any atom is -0.395 e. The Hall–Kier alpha value is -0.780. The molecule has 168 valence electrons. The highest BCUT2D eigenvalue weighted by Gasteiger charge is 2.28. The van der Waals surface area contributed by atoms with Crippen molar-refractivity contribution in [3.05, 3.63) is 0 Å². The van der Waals surface area contributed by atoms with Crippen LogP contribution >= 0.6 is 0 Å². The predicted octanol–water partition coefficient (Wildman–Crippen LogP) is 0.472. The van der Waals surface area contributed by atoms with E-state index >= 15 is 0 Å². The first-order valence-electron chi connectivity index (χ1n) is 9.48. The molecule has 0 saturated heterocycles. The molecule has 0 aliphatic rings. The average molecular weight is 427 g/mol. The Morgan fingerprint density at radius 1 is 0.857 bits per heavy atom. The van der Waals surface area contributed by atoms with E-state index in [0.717, 1.165) is 0 Å². The highest BCUT2D eigenvalue weighted by molar-refractivity contribution is 7.89. The van der Waals surface area contributed by atoms with Gasteiger partial charge in [0.15, 0.2) is 0 Å². The van der Waals surface area contributed by atoms with Gasteiger partial charge in [-0.25, -0.2) is 18.2 Å². The molecule has 0 aliphatic heterocycles. The molecule has 0 aromatic heterocycles. The van der Waals surface area contributed by atoms with E-state index in [9.17, 15) is 13.2 Å². The molecular weight excluding hydrogens is 388 g/mol. The third-order valence-corrected chi connectivity index (χ3v) is 5.99. The van der Waals surface area contributed by atoms with Crippen LogP contribution in [-0.2, 0) is 24.6 Å². The summed E-state index contributed by atoms with van der Waals surface area (Å²) in [4.78, 5) is 23.9. The SMILES string of the molecule is CC(C)(C)CS(=O)(=O)N(CCO)CCOOCCN(CCO)C(=O)C(C)(C)C. The normalized spacial score (nSPS) is 13.2. The zero-order chi connectivity index (χ0) is 22.0. The van der Waals surface area contributed by atoms with E-state index in [1.54, 1.807) is 20.8 Å².